The van der Waals surface area contributed by atoms with Gasteiger partial charge in [-0.15, -0.1) is 11.3 Å². The normalized spacial score (nSPS) is 17.7. The van der Waals surface area contributed by atoms with Crippen LogP contribution in [0.25, 0.3) is 0 Å². The summed E-state index contributed by atoms with van der Waals surface area (Å²) in [4.78, 5) is 1.02. The fourth-order valence-electron chi connectivity index (χ4n) is 2.30. The number of aliphatic hydroxyl groups is 1. The van der Waals surface area contributed by atoms with Crippen LogP contribution in [0, 0.1) is 0 Å². The molecule has 1 nitrogen and oxygen atoms in total. The summed E-state index contributed by atoms with van der Waals surface area (Å²) < 4.78 is 0. The van der Waals surface area contributed by atoms with Gasteiger partial charge < -0.3 is 5.11 Å². The fourth-order valence-corrected chi connectivity index (χ4v) is 3.04. The molecule has 1 aromatic heterocycles. The molecule has 1 fully saturated rings. The Morgan fingerprint density at radius 2 is 1.88 bits per heavy atom. The lowest BCUT2D eigenvalue weighted by molar-refractivity contribution is 0.224. The number of thiophene rings is 1. The van der Waals surface area contributed by atoms with Crippen LogP contribution in [0.15, 0.2) is 41.8 Å². The molecule has 1 unspecified atom stereocenters. The van der Waals surface area contributed by atoms with Crippen LogP contribution in [0.4, 0.5) is 0 Å². The summed E-state index contributed by atoms with van der Waals surface area (Å²) in [6, 6.07) is 12.4. The highest BCUT2D eigenvalue weighted by atomic mass is 32.1. The SMILES string of the molecule is OC(c1ccc(C2CCC2)cc1)c1cccs1. The molecule has 17 heavy (non-hydrogen) atoms. The Morgan fingerprint density at radius 3 is 2.41 bits per heavy atom. The van der Waals surface area contributed by atoms with E-state index in [4.69, 9.17) is 0 Å². The van der Waals surface area contributed by atoms with Gasteiger partial charge in [0.2, 0.25) is 0 Å². The molecule has 1 N–H and O–H groups in total. The van der Waals surface area contributed by atoms with E-state index in [0.717, 1.165) is 16.4 Å². The summed E-state index contributed by atoms with van der Waals surface area (Å²) in [6.45, 7) is 0. The molecule has 1 saturated carbocycles. The van der Waals surface area contributed by atoms with E-state index < -0.39 is 6.10 Å². The molecule has 88 valence electrons. The Balaban J connectivity index is 1.79. The molecule has 1 aliphatic rings. The molecule has 0 bridgehead atoms. The van der Waals surface area contributed by atoms with Crippen molar-refractivity contribution in [2.24, 2.45) is 0 Å². The molecule has 0 amide bonds. The minimum absolute atomic E-state index is 0.467. The molecule has 1 heterocycles. The van der Waals surface area contributed by atoms with Crippen molar-refractivity contribution in [3.63, 3.8) is 0 Å². The van der Waals surface area contributed by atoms with Crippen molar-refractivity contribution < 1.29 is 5.11 Å². The van der Waals surface area contributed by atoms with Crippen LogP contribution < -0.4 is 0 Å². The third kappa shape index (κ3) is 2.15. The number of hydrogen-bond acceptors (Lipinski definition) is 2. The Morgan fingerprint density at radius 1 is 1.12 bits per heavy atom. The van der Waals surface area contributed by atoms with Crippen molar-refractivity contribution >= 4 is 11.3 Å². The standard InChI is InChI=1S/C15H16OS/c16-15(14-5-2-10-17-14)13-8-6-12(7-9-13)11-3-1-4-11/h2,5-11,15-16H,1,3-4H2. The van der Waals surface area contributed by atoms with Gasteiger partial charge in [0.25, 0.3) is 0 Å². The third-order valence-corrected chi connectivity index (χ3v) is 4.57. The van der Waals surface area contributed by atoms with Crippen molar-refractivity contribution in [2.45, 2.75) is 31.3 Å². The van der Waals surface area contributed by atoms with E-state index in [0.29, 0.717) is 0 Å². The lowest BCUT2D eigenvalue weighted by Crippen LogP contribution is -2.08. The second-order valence-electron chi connectivity index (χ2n) is 4.71. The van der Waals surface area contributed by atoms with E-state index >= 15 is 0 Å². The van der Waals surface area contributed by atoms with Gasteiger partial charge in [0.05, 0.1) is 0 Å². The van der Waals surface area contributed by atoms with Crippen LogP contribution in [0.1, 0.15) is 47.3 Å². The summed E-state index contributed by atoms with van der Waals surface area (Å²) >= 11 is 1.60. The summed E-state index contributed by atoms with van der Waals surface area (Å²) in [5.41, 5.74) is 2.42. The minimum atomic E-state index is -0.467. The lowest BCUT2D eigenvalue weighted by atomic mass is 9.80. The number of benzene rings is 1. The van der Waals surface area contributed by atoms with E-state index in [1.165, 1.54) is 24.8 Å². The quantitative estimate of drug-likeness (QED) is 0.862. The summed E-state index contributed by atoms with van der Waals surface area (Å²) in [5.74, 6) is 0.767. The monoisotopic (exact) mass is 244 g/mol. The van der Waals surface area contributed by atoms with E-state index in [9.17, 15) is 5.11 Å². The number of hydrogen-bond donors (Lipinski definition) is 1. The highest BCUT2D eigenvalue weighted by Gasteiger charge is 2.19. The first-order chi connectivity index (χ1) is 8.34. The number of rotatable bonds is 3. The molecule has 0 radical (unpaired) electrons. The van der Waals surface area contributed by atoms with Crippen molar-refractivity contribution in [1.82, 2.24) is 0 Å². The zero-order valence-electron chi connectivity index (χ0n) is 9.67. The molecule has 0 aliphatic heterocycles. The molecule has 1 atom stereocenters. The van der Waals surface area contributed by atoms with Crippen LogP contribution in [0.3, 0.4) is 0 Å². The zero-order chi connectivity index (χ0) is 11.7. The molecule has 2 heteroatoms. The van der Waals surface area contributed by atoms with Gasteiger partial charge >= 0.3 is 0 Å². The molecule has 1 aromatic carbocycles. The second kappa shape index (κ2) is 4.63. The smallest absolute Gasteiger partial charge is 0.113 e. The first kappa shape index (κ1) is 11.0. The summed E-state index contributed by atoms with van der Waals surface area (Å²) in [6.07, 6.45) is 3.55. The van der Waals surface area contributed by atoms with Gasteiger partial charge in [-0.1, -0.05) is 36.8 Å². The van der Waals surface area contributed by atoms with Gasteiger partial charge in [0.15, 0.2) is 0 Å². The largest absolute Gasteiger partial charge is 0.383 e. The maximum atomic E-state index is 10.2. The Hall–Kier alpha value is -1.12. The van der Waals surface area contributed by atoms with Crippen LogP contribution in [0.5, 0.6) is 0 Å². The second-order valence-corrected chi connectivity index (χ2v) is 5.69. The van der Waals surface area contributed by atoms with Gasteiger partial charge in [0.1, 0.15) is 6.10 Å². The average molecular weight is 244 g/mol. The fraction of sp³-hybridized carbons (Fsp3) is 0.333. The predicted octanol–water partition coefficient (Wildman–Crippen LogP) is 4.10. The molecule has 0 saturated heterocycles. The predicted molar refractivity (Wildman–Crippen MR) is 71.4 cm³/mol. The van der Waals surface area contributed by atoms with Crippen LogP contribution in [-0.4, -0.2) is 5.11 Å². The first-order valence-electron chi connectivity index (χ1n) is 6.16. The lowest BCUT2D eigenvalue weighted by Gasteiger charge is -2.26. The van der Waals surface area contributed by atoms with Gasteiger partial charge in [0, 0.05) is 4.88 Å². The van der Waals surface area contributed by atoms with Crippen molar-refractivity contribution in [1.29, 1.82) is 0 Å². The maximum absolute atomic E-state index is 10.2. The van der Waals surface area contributed by atoms with Crippen LogP contribution >= 0.6 is 11.3 Å². The van der Waals surface area contributed by atoms with Gasteiger partial charge in [-0.05, 0) is 41.3 Å². The Kier molecular flexibility index (Phi) is 3.00. The van der Waals surface area contributed by atoms with Gasteiger partial charge in [-0.2, -0.15) is 0 Å². The third-order valence-electron chi connectivity index (χ3n) is 3.64. The molecule has 2 aromatic rings. The van der Waals surface area contributed by atoms with Crippen molar-refractivity contribution in [3.8, 4) is 0 Å². The minimum Gasteiger partial charge on any atom is -0.383 e. The molecular formula is C15H16OS. The topological polar surface area (TPSA) is 20.2 Å². The van der Waals surface area contributed by atoms with E-state index in [1.54, 1.807) is 11.3 Å². The Bertz CT molecular complexity index is 468. The maximum Gasteiger partial charge on any atom is 0.113 e. The van der Waals surface area contributed by atoms with Gasteiger partial charge in [-0.25, -0.2) is 0 Å². The highest BCUT2D eigenvalue weighted by Crippen LogP contribution is 2.37. The van der Waals surface area contributed by atoms with Crippen LogP contribution in [-0.2, 0) is 0 Å². The summed E-state index contributed by atoms with van der Waals surface area (Å²) in [5, 5.41) is 12.2. The molecule has 1 aliphatic carbocycles. The Labute approximate surface area is 106 Å². The van der Waals surface area contributed by atoms with Crippen molar-refractivity contribution in [3.05, 3.63) is 57.8 Å². The van der Waals surface area contributed by atoms with Crippen LogP contribution in [0.2, 0.25) is 0 Å². The summed E-state index contributed by atoms with van der Waals surface area (Å²) in [7, 11) is 0. The molecule has 3 rings (SSSR count). The van der Waals surface area contributed by atoms with E-state index in [2.05, 4.69) is 24.3 Å². The zero-order valence-corrected chi connectivity index (χ0v) is 10.5. The van der Waals surface area contributed by atoms with E-state index in [1.807, 2.05) is 17.5 Å². The van der Waals surface area contributed by atoms with Crippen molar-refractivity contribution in [2.75, 3.05) is 0 Å². The molecular weight excluding hydrogens is 228 g/mol. The average Bonchev–Trinajstić information content (AvgIpc) is 2.80. The molecule has 0 spiro atoms. The van der Waals surface area contributed by atoms with E-state index in [-0.39, 0.29) is 0 Å². The first-order valence-corrected chi connectivity index (χ1v) is 7.04. The van der Waals surface area contributed by atoms with Gasteiger partial charge in [-0.3, -0.25) is 0 Å². The number of aliphatic hydroxyl groups excluding tert-OH is 1. The highest BCUT2D eigenvalue weighted by molar-refractivity contribution is 7.10.